The van der Waals surface area contributed by atoms with Gasteiger partial charge in [-0.2, -0.15) is 5.26 Å². The van der Waals surface area contributed by atoms with Crippen LogP contribution in [0.3, 0.4) is 0 Å². The zero-order valence-electron chi connectivity index (χ0n) is 31.9. The smallest absolute Gasteiger partial charge is 0.188 e. The highest BCUT2D eigenvalue weighted by Crippen LogP contribution is 2.41. The van der Waals surface area contributed by atoms with E-state index in [1.54, 1.807) is 12.1 Å². The van der Waals surface area contributed by atoms with Crippen LogP contribution in [0, 0.1) is 17.9 Å². The summed E-state index contributed by atoms with van der Waals surface area (Å²) in [5.74, 6) is 1.66. The van der Waals surface area contributed by atoms with E-state index in [4.69, 9.17) is 25.9 Å². The first kappa shape index (κ1) is 34.6. The monoisotopic (exact) mass is 766 g/mol. The fourth-order valence-corrected chi connectivity index (χ4v) is 8.27. The molecule has 0 amide bonds. The molecule has 0 aliphatic heterocycles. The number of hydrogen-bond donors (Lipinski definition) is 0. The lowest BCUT2D eigenvalue weighted by Gasteiger charge is -2.17. The first-order chi connectivity index (χ1) is 29.6. The first-order valence-corrected chi connectivity index (χ1v) is 19.5. The number of rotatable bonds is 6. The van der Waals surface area contributed by atoms with Gasteiger partial charge in [-0.1, -0.05) is 133 Å². The van der Waals surface area contributed by atoms with Gasteiger partial charge in [-0.3, -0.25) is 0 Å². The molecule has 0 radical (unpaired) electrons. The zero-order valence-corrected chi connectivity index (χ0v) is 31.9. The van der Waals surface area contributed by atoms with Gasteiger partial charge in [-0.25, -0.2) is 19.8 Å². The van der Waals surface area contributed by atoms with Crippen molar-refractivity contribution < 1.29 is 4.42 Å². The van der Waals surface area contributed by atoms with E-state index in [-0.39, 0.29) is 0 Å². The van der Waals surface area contributed by atoms with Gasteiger partial charge in [0.2, 0.25) is 0 Å². The molecule has 3 aromatic heterocycles. The van der Waals surface area contributed by atoms with E-state index in [2.05, 4.69) is 94.3 Å². The molecule has 7 nitrogen and oxygen atoms in total. The maximum Gasteiger partial charge on any atom is 0.188 e. The molecule has 0 atom stereocenters. The van der Waals surface area contributed by atoms with Gasteiger partial charge in [0.25, 0.3) is 0 Å². The average Bonchev–Trinajstić information content (AvgIpc) is 3.86. The summed E-state index contributed by atoms with van der Waals surface area (Å²) in [5, 5.41) is 14.4. The average molecular weight is 767 g/mol. The van der Waals surface area contributed by atoms with Crippen LogP contribution in [0.5, 0.6) is 0 Å². The van der Waals surface area contributed by atoms with Gasteiger partial charge in [0.1, 0.15) is 11.2 Å². The summed E-state index contributed by atoms with van der Waals surface area (Å²) < 4.78 is 8.47. The summed E-state index contributed by atoms with van der Waals surface area (Å²) >= 11 is 0. The fraction of sp³-hybridized carbons (Fsp3) is 0. The summed E-state index contributed by atoms with van der Waals surface area (Å²) in [6.07, 6.45) is 0. The predicted octanol–water partition coefficient (Wildman–Crippen LogP) is 13.6. The van der Waals surface area contributed by atoms with E-state index < -0.39 is 0 Å². The van der Waals surface area contributed by atoms with E-state index in [1.165, 1.54) is 0 Å². The molecule has 8 aromatic carbocycles. The molecular formula is C53H30N6O. The van der Waals surface area contributed by atoms with Gasteiger partial charge in [-0.15, -0.1) is 0 Å². The minimum absolute atomic E-state index is 0.428. The Balaban J connectivity index is 1.21. The molecule has 0 bridgehead atoms. The molecule has 0 aliphatic carbocycles. The SMILES string of the molecule is [C-]#[N+]c1ccc(-c2ccc3c4ccccc4n(-c4ccc(-c5ccc6oc7ccccc7c6c5)cc4-c4nc(-c5ccccc5)nc(-c5ccccc5)n4)c3c2)c(C#N)c1. The largest absolute Gasteiger partial charge is 0.456 e. The van der Waals surface area contributed by atoms with Crippen molar-refractivity contribution in [1.82, 2.24) is 19.5 Å². The highest BCUT2D eigenvalue weighted by Gasteiger charge is 2.21. The quantitative estimate of drug-likeness (QED) is 0.157. The third-order valence-corrected chi connectivity index (χ3v) is 11.1. The number of furan rings is 1. The van der Waals surface area contributed by atoms with Gasteiger partial charge in [-0.05, 0) is 70.8 Å². The lowest BCUT2D eigenvalue weighted by molar-refractivity contribution is 0.669. The summed E-state index contributed by atoms with van der Waals surface area (Å²) in [6.45, 7) is 7.52. The number of aromatic nitrogens is 4. The second-order valence-electron chi connectivity index (χ2n) is 14.6. The zero-order chi connectivity index (χ0) is 40.2. The Bertz CT molecular complexity index is 3520. The topological polar surface area (TPSA) is 84.9 Å². The Hall–Kier alpha value is -8.65. The number of benzene rings is 8. The fourth-order valence-electron chi connectivity index (χ4n) is 8.27. The molecule has 0 fully saturated rings. The minimum atomic E-state index is 0.428. The number of nitrogens with zero attached hydrogens (tertiary/aromatic N) is 6. The van der Waals surface area contributed by atoms with Crippen LogP contribution in [0.2, 0.25) is 0 Å². The molecule has 11 rings (SSSR count). The van der Waals surface area contributed by atoms with E-state index in [9.17, 15) is 5.26 Å². The Labute approximate surface area is 344 Å². The summed E-state index contributed by atoms with van der Waals surface area (Å²) in [7, 11) is 0. The van der Waals surface area contributed by atoms with E-state index in [0.717, 1.165) is 88.4 Å². The third-order valence-electron chi connectivity index (χ3n) is 11.1. The van der Waals surface area contributed by atoms with Crippen LogP contribution < -0.4 is 0 Å². The lowest BCUT2D eigenvalue weighted by atomic mass is 9.98. The van der Waals surface area contributed by atoms with Crippen LogP contribution in [0.25, 0.3) is 111 Å². The number of nitriles is 1. The van der Waals surface area contributed by atoms with Crippen LogP contribution >= 0.6 is 0 Å². The second kappa shape index (κ2) is 14.1. The number of hydrogen-bond acceptors (Lipinski definition) is 5. The molecule has 278 valence electrons. The maximum atomic E-state index is 10.2. The van der Waals surface area contributed by atoms with Crippen LogP contribution in [0.4, 0.5) is 5.69 Å². The van der Waals surface area contributed by atoms with Gasteiger partial charge in [0, 0.05) is 43.8 Å². The molecule has 0 N–H and O–H groups in total. The first-order valence-electron chi connectivity index (χ1n) is 19.5. The minimum Gasteiger partial charge on any atom is -0.456 e. The van der Waals surface area contributed by atoms with Crippen molar-refractivity contribution in [2.75, 3.05) is 0 Å². The van der Waals surface area contributed by atoms with Crippen molar-refractivity contribution in [2.45, 2.75) is 0 Å². The normalized spacial score (nSPS) is 11.3. The van der Waals surface area contributed by atoms with Crippen LogP contribution in [0.1, 0.15) is 5.56 Å². The van der Waals surface area contributed by atoms with Crippen molar-refractivity contribution in [2.24, 2.45) is 0 Å². The van der Waals surface area contributed by atoms with E-state index in [1.807, 2.05) is 91.0 Å². The molecule has 3 heterocycles. The third kappa shape index (κ3) is 5.77. The molecule has 0 spiro atoms. The maximum absolute atomic E-state index is 10.2. The van der Waals surface area contributed by atoms with Crippen molar-refractivity contribution in [1.29, 1.82) is 5.26 Å². The molecular weight excluding hydrogens is 737 g/mol. The van der Waals surface area contributed by atoms with Crippen molar-refractivity contribution in [3.8, 4) is 68.2 Å². The summed E-state index contributed by atoms with van der Waals surface area (Å²) in [6, 6.07) is 63.2. The number of fused-ring (bicyclic) bond motifs is 6. The van der Waals surface area contributed by atoms with Gasteiger partial charge >= 0.3 is 0 Å². The summed E-state index contributed by atoms with van der Waals surface area (Å²) in [4.78, 5) is 19.1. The Morgan fingerprint density at radius 3 is 1.83 bits per heavy atom. The highest BCUT2D eigenvalue weighted by atomic mass is 16.3. The van der Waals surface area contributed by atoms with Gasteiger partial charge in [0.05, 0.1) is 29.4 Å². The Morgan fingerprint density at radius 1 is 0.467 bits per heavy atom. The lowest BCUT2D eigenvalue weighted by Crippen LogP contribution is -2.04. The Morgan fingerprint density at radius 2 is 1.08 bits per heavy atom. The molecule has 7 heteroatoms. The highest BCUT2D eigenvalue weighted by molar-refractivity contribution is 6.11. The van der Waals surface area contributed by atoms with E-state index in [0.29, 0.717) is 28.7 Å². The molecule has 0 aliphatic rings. The Kier molecular flexibility index (Phi) is 8.11. The molecule has 11 aromatic rings. The van der Waals surface area contributed by atoms with Crippen LogP contribution in [-0.4, -0.2) is 19.5 Å². The van der Waals surface area contributed by atoms with E-state index >= 15 is 0 Å². The predicted molar refractivity (Wildman–Crippen MR) is 240 cm³/mol. The molecule has 60 heavy (non-hydrogen) atoms. The van der Waals surface area contributed by atoms with Crippen molar-refractivity contribution in [3.63, 3.8) is 0 Å². The summed E-state index contributed by atoms with van der Waals surface area (Å²) in [5.41, 5.74) is 11.6. The van der Waals surface area contributed by atoms with Crippen LogP contribution in [0.15, 0.2) is 186 Å². The standard InChI is InChI=1S/C53H30N6O/c1-55-39-23-25-40(38(28-39)32-54)37-20-24-42-41-16-8-10-18-46(41)59(48(42)31-37)47-26-21-35(36-22-27-50-44(29-36)43-17-9-11-19-49(43)60-50)30-45(47)53-57-51(33-12-4-2-5-13-33)56-52(58-53)34-14-6-3-7-15-34/h2-31H. The van der Waals surface area contributed by atoms with Gasteiger partial charge < -0.3 is 8.98 Å². The van der Waals surface area contributed by atoms with Gasteiger partial charge in [0.15, 0.2) is 23.2 Å². The second-order valence-corrected chi connectivity index (χ2v) is 14.6. The number of para-hydroxylation sites is 2. The molecule has 0 saturated carbocycles. The van der Waals surface area contributed by atoms with Crippen molar-refractivity contribution >= 4 is 49.4 Å². The van der Waals surface area contributed by atoms with Crippen LogP contribution in [-0.2, 0) is 0 Å². The molecule has 0 saturated heterocycles. The van der Waals surface area contributed by atoms with Crippen molar-refractivity contribution in [3.05, 3.63) is 199 Å². The molecule has 0 unspecified atom stereocenters.